The molecule has 0 unspecified atom stereocenters. The number of ether oxygens (including phenoxy) is 1. The Morgan fingerprint density at radius 1 is 1.39 bits per heavy atom. The van der Waals surface area contributed by atoms with Gasteiger partial charge in [0.1, 0.15) is 5.75 Å². The van der Waals surface area contributed by atoms with E-state index in [-0.39, 0.29) is 18.2 Å². The van der Waals surface area contributed by atoms with Gasteiger partial charge in [-0.1, -0.05) is 18.2 Å². The highest BCUT2D eigenvalue weighted by atomic mass is 32.2. The highest BCUT2D eigenvalue weighted by Gasteiger charge is 2.31. The van der Waals surface area contributed by atoms with E-state index in [1.54, 1.807) is 18.1 Å². The van der Waals surface area contributed by atoms with Crippen molar-refractivity contribution in [2.75, 3.05) is 32.5 Å². The first kappa shape index (κ1) is 17.5. The molecule has 23 heavy (non-hydrogen) atoms. The van der Waals surface area contributed by atoms with Crippen LogP contribution in [0.2, 0.25) is 0 Å². The van der Waals surface area contributed by atoms with Gasteiger partial charge in [-0.3, -0.25) is 4.79 Å². The zero-order chi connectivity index (χ0) is 16.9. The van der Waals surface area contributed by atoms with Crippen LogP contribution in [0.25, 0.3) is 0 Å². The summed E-state index contributed by atoms with van der Waals surface area (Å²) in [7, 11) is -1.67. The van der Waals surface area contributed by atoms with Gasteiger partial charge in [0.2, 0.25) is 15.9 Å². The summed E-state index contributed by atoms with van der Waals surface area (Å²) in [5, 5.41) is 0. The Labute approximate surface area is 137 Å². The summed E-state index contributed by atoms with van der Waals surface area (Å²) in [4.78, 5) is 14.1. The van der Waals surface area contributed by atoms with Gasteiger partial charge in [0.05, 0.1) is 19.4 Å². The van der Waals surface area contributed by atoms with Crippen LogP contribution in [-0.2, 0) is 21.4 Å². The second-order valence-electron chi connectivity index (χ2n) is 5.41. The molecule has 0 spiro atoms. The molecule has 1 aromatic carbocycles. The van der Waals surface area contributed by atoms with E-state index in [0.717, 1.165) is 11.3 Å². The van der Waals surface area contributed by atoms with E-state index in [0.29, 0.717) is 26.1 Å². The molecule has 126 valence electrons. The van der Waals surface area contributed by atoms with Crippen molar-refractivity contribution in [2.45, 2.75) is 13.0 Å². The number of carbonyl (C=O) groups is 1. The maximum absolute atomic E-state index is 12.5. The van der Waals surface area contributed by atoms with E-state index < -0.39 is 10.0 Å². The standard InChI is InChI=1S/C16H22N2O4S/c1-3-9-17(12-14-5-7-15(22-2)8-6-14)16(19)13-18-10-4-11-23(18,20)21/h3,5-8H,1,4,9-13H2,2H3. The van der Waals surface area contributed by atoms with Crippen LogP contribution in [0.4, 0.5) is 0 Å². The lowest BCUT2D eigenvalue weighted by molar-refractivity contribution is -0.131. The van der Waals surface area contributed by atoms with Gasteiger partial charge >= 0.3 is 0 Å². The fraction of sp³-hybridized carbons (Fsp3) is 0.438. The van der Waals surface area contributed by atoms with Crippen molar-refractivity contribution in [1.82, 2.24) is 9.21 Å². The molecule has 1 amide bonds. The Hall–Kier alpha value is -1.86. The quantitative estimate of drug-likeness (QED) is 0.702. The molecule has 0 atom stereocenters. The van der Waals surface area contributed by atoms with E-state index in [1.807, 2.05) is 24.3 Å². The average Bonchev–Trinajstić information content (AvgIpc) is 2.86. The molecule has 1 aliphatic rings. The van der Waals surface area contributed by atoms with E-state index in [1.165, 1.54) is 4.31 Å². The maximum Gasteiger partial charge on any atom is 0.238 e. The number of carbonyl (C=O) groups excluding carboxylic acids is 1. The number of hydrogen-bond donors (Lipinski definition) is 0. The lowest BCUT2D eigenvalue weighted by Crippen LogP contribution is -2.40. The topological polar surface area (TPSA) is 66.9 Å². The molecule has 0 aliphatic carbocycles. The van der Waals surface area contributed by atoms with Crippen molar-refractivity contribution in [3.63, 3.8) is 0 Å². The molecule has 0 N–H and O–H groups in total. The third-order valence-electron chi connectivity index (χ3n) is 3.75. The van der Waals surface area contributed by atoms with Crippen LogP contribution in [0, 0.1) is 0 Å². The van der Waals surface area contributed by atoms with Crippen LogP contribution in [0.15, 0.2) is 36.9 Å². The minimum absolute atomic E-state index is 0.105. The first-order chi connectivity index (χ1) is 11.0. The Kier molecular flexibility index (Phi) is 5.79. The summed E-state index contributed by atoms with van der Waals surface area (Å²) >= 11 is 0. The number of nitrogens with zero attached hydrogens (tertiary/aromatic N) is 2. The van der Waals surface area contributed by atoms with Gasteiger partial charge in [-0.15, -0.1) is 6.58 Å². The van der Waals surface area contributed by atoms with E-state index in [9.17, 15) is 13.2 Å². The summed E-state index contributed by atoms with van der Waals surface area (Å²) in [6.07, 6.45) is 2.22. The molecule has 1 saturated heterocycles. The zero-order valence-corrected chi connectivity index (χ0v) is 14.1. The highest BCUT2D eigenvalue weighted by Crippen LogP contribution is 2.16. The smallest absolute Gasteiger partial charge is 0.238 e. The molecule has 6 nitrogen and oxygen atoms in total. The molecule has 0 aromatic heterocycles. The summed E-state index contributed by atoms with van der Waals surface area (Å²) in [6, 6.07) is 7.43. The van der Waals surface area contributed by atoms with Crippen LogP contribution in [0.1, 0.15) is 12.0 Å². The molecule has 2 rings (SSSR count). The zero-order valence-electron chi connectivity index (χ0n) is 13.3. The molecular weight excluding hydrogens is 316 g/mol. The molecular formula is C16H22N2O4S. The van der Waals surface area contributed by atoms with Crippen LogP contribution in [0.5, 0.6) is 5.75 Å². The third-order valence-corrected chi connectivity index (χ3v) is 5.65. The summed E-state index contributed by atoms with van der Waals surface area (Å²) in [5.41, 5.74) is 0.949. The predicted octanol–water partition coefficient (Wildman–Crippen LogP) is 1.25. The minimum Gasteiger partial charge on any atom is -0.497 e. The van der Waals surface area contributed by atoms with Gasteiger partial charge in [0.15, 0.2) is 0 Å². The van der Waals surface area contributed by atoms with Crippen LogP contribution in [-0.4, -0.2) is 56.0 Å². The summed E-state index contributed by atoms with van der Waals surface area (Å²) in [6.45, 7) is 4.76. The van der Waals surface area contributed by atoms with Crippen LogP contribution in [0.3, 0.4) is 0 Å². The molecule has 0 saturated carbocycles. The van der Waals surface area contributed by atoms with E-state index in [2.05, 4.69) is 6.58 Å². The number of methoxy groups -OCH3 is 1. The van der Waals surface area contributed by atoms with Gasteiger partial charge in [-0.25, -0.2) is 8.42 Å². The molecule has 1 fully saturated rings. The molecule has 1 aliphatic heterocycles. The van der Waals surface area contributed by atoms with Crippen molar-refractivity contribution in [3.8, 4) is 5.75 Å². The first-order valence-corrected chi connectivity index (χ1v) is 9.06. The Morgan fingerprint density at radius 3 is 2.61 bits per heavy atom. The Balaban J connectivity index is 2.04. The second kappa shape index (κ2) is 7.61. The number of hydrogen-bond acceptors (Lipinski definition) is 4. The van der Waals surface area contributed by atoms with Crippen molar-refractivity contribution >= 4 is 15.9 Å². The Bertz CT molecular complexity index is 655. The Morgan fingerprint density at radius 2 is 2.09 bits per heavy atom. The lowest BCUT2D eigenvalue weighted by Gasteiger charge is -2.24. The van der Waals surface area contributed by atoms with Gasteiger partial charge in [-0.05, 0) is 24.1 Å². The normalized spacial score (nSPS) is 16.9. The monoisotopic (exact) mass is 338 g/mol. The number of sulfonamides is 1. The highest BCUT2D eigenvalue weighted by molar-refractivity contribution is 7.89. The van der Waals surface area contributed by atoms with E-state index in [4.69, 9.17) is 4.74 Å². The number of benzene rings is 1. The second-order valence-corrected chi connectivity index (χ2v) is 7.50. The van der Waals surface area contributed by atoms with Crippen molar-refractivity contribution < 1.29 is 17.9 Å². The minimum atomic E-state index is -3.27. The van der Waals surface area contributed by atoms with Crippen LogP contribution >= 0.6 is 0 Å². The average molecular weight is 338 g/mol. The van der Waals surface area contributed by atoms with Crippen molar-refractivity contribution in [1.29, 1.82) is 0 Å². The number of amides is 1. The molecule has 1 aromatic rings. The van der Waals surface area contributed by atoms with Crippen molar-refractivity contribution in [2.24, 2.45) is 0 Å². The summed E-state index contributed by atoms with van der Waals surface area (Å²) < 4.78 is 30.0. The van der Waals surface area contributed by atoms with Crippen LogP contribution < -0.4 is 4.74 Å². The van der Waals surface area contributed by atoms with Gasteiger partial charge < -0.3 is 9.64 Å². The van der Waals surface area contributed by atoms with Crippen molar-refractivity contribution in [3.05, 3.63) is 42.5 Å². The van der Waals surface area contributed by atoms with E-state index >= 15 is 0 Å². The lowest BCUT2D eigenvalue weighted by atomic mass is 10.2. The fourth-order valence-electron chi connectivity index (χ4n) is 2.48. The van der Waals surface area contributed by atoms with Gasteiger partial charge in [0, 0.05) is 19.6 Å². The molecule has 0 bridgehead atoms. The maximum atomic E-state index is 12.5. The largest absolute Gasteiger partial charge is 0.497 e. The predicted molar refractivity (Wildman–Crippen MR) is 88.6 cm³/mol. The number of rotatable bonds is 7. The molecule has 1 heterocycles. The third kappa shape index (κ3) is 4.56. The fourth-order valence-corrected chi connectivity index (χ4v) is 3.95. The molecule has 0 radical (unpaired) electrons. The van der Waals surface area contributed by atoms with Gasteiger partial charge in [-0.2, -0.15) is 4.31 Å². The SMILES string of the molecule is C=CCN(Cc1ccc(OC)cc1)C(=O)CN1CCCS1(=O)=O. The van der Waals surface area contributed by atoms with Gasteiger partial charge in [0.25, 0.3) is 0 Å². The summed E-state index contributed by atoms with van der Waals surface area (Å²) in [5.74, 6) is 0.657. The molecule has 7 heteroatoms. The first-order valence-electron chi connectivity index (χ1n) is 7.45.